The predicted octanol–water partition coefficient (Wildman–Crippen LogP) is 9.20. The molecule has 0 heterocycles. The van der Waals surface area contributed by atoms with Gasteiger partial charge >= 0.3 is 26.2 Å². The zero-order valence-electron chi connectivity index (χ0n) is 21.9. The molecule has 0 spiro atoms. The standard InChI is InChI=1S/C26H28.2C5H5.Zr/c1-19-17-25(21-11-5-3-6-12-21)23-15-9-10-16-24(23)26(18-20(19)2)22-13-7-4-8-14-22;2*1-2-4-5-3-1;/h3-8,11-14,19-20H,1-2,9-10,15-18H2;2*1-5H;/q-2;;;+2/b25-23+,26-24+;;;/t19-,20-;;;/m0.../s1. The zero-order chi connectivity index (χ0) is 25.0. The fraction of sp³-hybridized carbons (Fsp3) is 0.222. The molecule has 3 fully saturated rings. The molecule has 6 rings (SSSR count). The number of hydrogen-bond donors (Lipinski definition) is 0. The Balaban J connectivity index is 0.000000288. The molecule has 4 aliphatic rings. The second-order valence-corrected chi connectivity index (χ2v) is 9.71. The van der Waals surface area contributed by atoms with Gasteiger partial charge in [-0.3, -0.25) is 0 Å². The van der Waals surface area contributed by atoms with Crippen LogP contribution in [0.1, 0.15) is 49.7 Å². The fourth-order valence-electron chi connectivity index (χ4n) is 5.18. The molecular weight excluding hydrogens is 524 g/mol. The van der Waals surface area contributed by atoms with Gasteiger partial charge in [0.2, 0.25) is 0 Å². The Bertz CT molecular complexity index is 864. The van der Waals surface area contributed by atoms with Crippen LogP contribution in [0.25, 0.3) is 11.1 Å². The van der Waals surface area contributed by atoms with E-state index in [0.717, 1.165) is 12.8 Å². The van der Waals surface area contributed by atoms with Crippen LogP contribution in [0.3, 0.4) is 0 Å². The fourth-order valence-corrected chi connectivity index (χ4v) is 5.18. The van der Waals surface area contributed by atoms with E-state index in [1.807, 2.05) is 64.2 Å². The molecule has 186 valence electrons. The van der Waals surface area contributed by atoms with E-state index < -0.39 is 0 Å². The minimum absolute atomic E-state index is 0. The van der Waals surface area contributed by atoms with Crippen molar-refractivity contribution in [3.05, 3.63) is 161 Å². The van der Waals surface area contributed by atoms with E-state index in [2.05, 4.69) is 74.5 Å². The van der Waals surface area contributed by atoms with Gasteiger partial charge in [-0.05, 0) is 123 Å². The third-order valence-electron chi connectivity index (χ3n) is 7.15. The van der Waals surface area contributed by atoms with Gasteiger partial charge in [-0.25, -0.2) is 0 Å². The molecule has 0 aliphatic heterocycles. The van der Waals surface area contributed by atoms with Gasteiger partial charge in [-0.1, -0.05) is 73.5 Å². The van der Waals surface area contributed by atoms with E-state index in [0.29, 0.717) is 11.8 Å². The number of allylic oxidation sites excluding steroid dienone is 4. The van der Waals surface area contributed by atoms with Crippen molar-refractivity contribution in [2.45, 2.75) is 38.5 Å². The number of rotatable bonds is 2. The largest absolute Gasteiger partial charge is 2.00 e. The molecule has 4 aliphatic carbocycles. The maximum atomic E-state index is 4.50. The minimum Gasteiger partial charge on any atom is -0.342 e. The van der Waals surface area contributed by atoms with Crippen molar-refractivity contribution >= 4 is 11.1 Å². The second kappa shape index (κ2) is 16.7. The summed E-state index contributed by atoms with van der Waals surface area (Å²) in [5, 5.41) is 0. The summed E-state index contributed by atoms with van der Waals surface area (Å²) in [5.74, 6) is 0.694. The Morgan fingerprint density at radius 2 is 0.730 bits per heavy atom. The van der Waals surface area contributed by atoms with Crippen molar-refractivity contribution < 1.29 is 26.2 Å². The van der Waals surface area contributed by atoms with Crippen molar-refractivity contribution in [3.8, 4) is 0 Å². The Labute approximate surface area is 247 Å². The zero-order valence-corrected chi connectivity index (χ0v) is 24.3. The molecule has 0 nitrogen and oxygen atoms in total. The maximum Gasteiger partial charge on any atom is 2.00 e. The van der Waals surface area contributed by atoms with Crippen LogP contribution in [-0.2, 0) is 26.2 Å². The van der Waals surface area contributed by atoms with E-state index in [1.165, 1.54) is 48.0 Å². The van der Waals surface area contributed by atoms with Crippen molar-refractivity contribution in [3.63, 3.8) is 0 Å². The van der Waals surface area contributed by atoms with Gasteiger partial charge in [-0.15, -0.1) is 0 Å². The molecule has 0 bridgehead atoms. The molecule has 1 heteroatoms. The van der Waals surface area contributed by atoms with Crippen molar-refractivity contribution in [2.75, 3.05) is 0 Å². The van der Waals surface area contributed by atoms with E-state index in [-0.39, 0.29) is 26.2 Å². The Morgan fingerprint density at radius 3 is 1.03 bits per heavy atom. The summed E-state index contributed by atoms with van der Waals surface area (Å²) < 4.78 is 0. The first-order chi connectivity index (χ1) is 17.7. The third kappa shape index (κ3) is 9.20. The first-order valence-electron chi connectivity index (χ1n) is 13.3. The molecule has 0 unspecified atom stereocenters. The summed E-state index contributed by atoms with van der Waals surface area (Å²) in [6, 6.07) is 21.9. The molecular formula is C36H38Zr. The molecule has 0 saturated heterocycles. The summed E-state index contributed by atoms with van der Waals surface area (Å²) >= 11 is 0. The summed E-state index contributed by atoms with van der Waals surface area (Å²) in [6.45, 7) is 9.00. The quantitative estimate of drug-likeness (QED) is 0.321. The molecule has 2 aromatic carbocycles. The Hall–Kier alpha value is -1.20. The summed E-state index contributed by atoms with van der Waals surface area (Å²) in [5.41, 5.74) is 8.97. The third-order valence-corrected chi connectivity index (χ3v) is 7.15. The number of benzene rings is 2. The first kappa shape index (κ1) is 30.3. The predicted molar refractivity (Wildman–Crippen MR) is 155 cm³/mol. The van der Waals surface area contributed by atoms with E-state index >= 15 is 0 Å². The van der Waals surface area contributed by atoms with Crippen molar-refractivity contribution in [1.29, 1.82) is 0 Å². The monoisotopic (exact) mass is 560 g/mol. The number of fused-ring (bicyclic) bond motifs is 1. The Morgan fingerprint density at radius 1 is 0.432 bits per heavy atom. The summed E-state index contributed by atoms with van der Waals surface area (Å²) in [4.78, 5) is 0. The van der Waals surface area contributed by atoms with Crippen LogP contribution in [0.5, 0.6) is 0 Å². The van der Waals surface area contributed by atoms with Crippen LogP contribution in [0.4, 0.5) is 0 Å². The molecule has 10 radical (unpaired) electrons. The van der Waals surface area contributed by atoms with Crippen molar-refractivity contribution in [1.82, 2.24) is 0 Å². The van der Waals surface area contributed by atoms with Crippen LogP contribution in [-0.4, -0.2) is 0 Å². The van der Waals surface area contributed by atoms with Crippen LogP contribution in [0.2, 0.25) is 0 Å². The molecule has 2 aromatic rings. The molecule has 0 N–H and O–H groups in total. The Kier molecular flexibility index (Phi) is 13.7. The molecule has 0 aromatic heterocycles. The smallest absolute Gasteiger partial charge is 0.342 e. The van der Waals surface area contributed by atoms with Gasteiger partial charge in [0.05, 0.1) is 0 Å². The summed E-state index contributed by atoms with van der Waals surface area (Å²) in [7, 11) is 0. The van der Waals surface area contributed by atoms with Gasteiger partial charge < -0.3 is 13.8 Å². The topological polar surface area (TPSA) is 0 Å². The van der Waals surface area contributed by atoms with E-state index in [1.54, 1.807) is 11.1 Å². The van der Waals surface area contributed by atoms with Crippen LogP contribution >= 0.6 is 0 Å². The first-order valence-corrected chi connectivity index (χ1v) is 13.3. The number of hydrogen-bond acceptors (Lipinski definition) is 0. The molecule has 0 amide bonds. The molecule has 2 atom stereocenters. The second-order valence-electron chi connectivity index (χ2n) is 9.71. The molecule has 37 heavy (non-hydrogen) atoms. The normalized spacial score (nSPS) is 27.3. The van der Waals surface area contributed by atoms with E-state index in [4.69, 9.17) is 0 Å². The van der Waals surface area contributed by atoms with Crippen LogP contribution < -0.4 is 0 Å². The minimum atomic E-state index is 0. The van der Waals surface area contributed by atoms with Gasteiger partial charge in [0.1, 0.15) is 0 Å². The maximum absolute atomic E-state index is 4.50. The van der Waals surface area contributed by atoms with Gasteiger partial charge in [0.25, 0.3) is 0 Å². The van der Waals surface area contributed by atoms with Crippen molar-refractivity contribution in [2.24, 2.45) is 11.8 Å². The summed E-state index contributed by atoms with van der Waals surface area (Å²) in [6.07, 6.45) is 27.1. The van der Waals surface area contributed by atoms with Gasteiger partial charge in [0, 0.05) is 0 Å². The van der Waals surface area contributed by atoms with Gasteiger partial charge in [0.15, 0.2) is 0 Å². The van der Waals surface area contributed by atoms with Gasteiger partial charge in [-0.2, -0.15) is 11.8 Å². The molecule has 3 saturated carbocycles. The average molecular weight is 562 g/mol. The van der Waals surface area contributed by atoms with Crippen LogP contribution in [0, 0.1) is 89.9 Å². The van der Waals surface area contributed by atoms with E-state index in [9.17, 15) is 0 Å². The van der Waals surface area contributed by atoms with Crippen LogP contribution in [0.15, 0.2) is 71.8 Å². The SMILES string of the molecule is [CH2-][C@H]1C/C(c2ccccc2)=C2/CCCC/C2=C(\c2ccccc2)C[C@@H]1[CH2-].[CH]1[CH][CH][CH][CH]1.[CH]1[CH][CH][CH][CH]1.[Zr+2]. The average Bonchev–Trinajstić information content (AvgIpc) is 3.70.